The molecule has 3 saturated carbocycles. The highest BCUT2D eigenvalue weighted by Gasteiger charge is 2.43. The topological polar surface area (TPSA) is 180 Å². The molecular formula is C39H47B2N11O3. The highest BCUT2D eigenvalue weighted by Crippen LogP contribution is 2.50. The summed E-state index contributed by atoms with van der Waals surface area (Å²) in [6.45, 7) is 3.22. The Kier molecular flexibility index (Phi) is 9.43. The van der Waals surface area contributed by atoms with Gasteiger partial charge >= 0.3 is 0 Å². The van der Waals surface area contributed by atoms with Gasteiger partial charge in [-0.3, -0.25) is 19.1 Å². The van der Waals surface area contributed by atoms with Gasteiger partial charge in [-0.05, 0) is 68.5 Å². The number of likely N-dealkylation sites (tertiary alicyclic amines) is 1. The number of benzene rings is 1. The Morgan fingerprint density at radius 2 is 1.75 bits per heavy atom. The number of rotatable bonds is 13. The van der Waals surface area contributed by atoms with Crippen LogP contribution in [-0.2, 0) is 14.9 Å². The van der Waals surface area contributed by atoms with E-state index in [2.05, 4.69) is 43.5 Å². The Hall–Kier alpha value is -5.24. The molecule has 1 unspecified atom stereocenters. The largest absolute Gasteiger partial charge is 0.393 e. The number of nitrogens with two attached hydrogens (primary N) is 2. The smallest absolute Gasteiger partial charge is 0.272 e. The maximum absolute atomic E-state index is 13.2. The van der Waals surface area contributed by atoms with E-state index in [0.717, 1.165) is 67.5 Å². The maximum Gasteiger partial charge on any atom is 0.272 e. The van der Waals surface area contributed by atoms with Crippen molar-refractivity contribution in [2.45, 2.75) is 81.4 Å². The van der Waals surface area contributed by atoms with Gasteiger partial charge in [-0.2, -0.15) is 5.10 Å². The third-order valence-corrected chi connectivity index (χ3v) is 11.4. The van der Waals surface area contributed by atoms with E-state index in [1.54, 1.807) is 23.1 Å². The minimum absolute atomic E-state index is 0.00428. The first-order valence-corrected chi connectivity index (χ1v) is 19.2. The molecule has 16 heteroatoms. The van der Waals surface area contributed by atoms with Gasteiger partial charge in [0, 0.05) is 68.1 Å². The standard InChI is InChI=1S/C39H47B2N11O3/c1-4-30-35-26(18-44-52(35)24-19-51(20-24)39(40,41)31-10-6-9-28(47-31)38(55)49(2)23-15-16-23)25-7-5-8-27(34(25)50(30)3)46-29(33(43)37(54)45-22-13-14-22)17-32(42)48-36(53)21-11-12-21/h5-10,17-18,21-24,30,46H,4,11-16,19-20,42-43H2,1-3H3,(H,45,54)(H,48,53)/b32-17+,33-29+. The van der Waals surface area contributed by atoms with Crippen LogP contribution in [0.1, 0.15) is 85.8 Å². The lowest BCUT2D eigenvalue weighted by Gasteiger charge is -2.50. The summed E-state index contributed by atoms with van der Waals surface area (Å²) < 4.78 is 2.09. The molecule has 1 aromatic carbocycles. The van der Waals surface area contributed by atoms with Gasteiger partial charge in [0.1, 0.15) is 17.2 Å². The Bertz CT molecular complexity index is 2100. The lowest BCUT2D eigenvalue weighted by molar-refractivity contribution is -0.121. The fraction of sp³-hybridized carbons (Fsp3) is 0.462. The number of aromatic nitrogens is 3. The molecule has 2 aliphatic heterocycles. The van der Waals surface area contributed by atoms with Crippen molar-refractivity contribution >= 4 is 44.8 Å². The third-order valence-electron chi connectivity index (χ3n) is 11.4. The van der Waals surface area contributed by atoms with Gasteiger partial charge < -0.3 is 42.1 Å². The van der Waals surface area contributed by atoms with Crippen molar-refractivity contribution in [3.05, 3.63) is 83.0 Å². The van der Waals surface area contributed by atoms with Crippen molar-refractivity contribution in [2.24, 2.45) is 17.4 Å². The summed E-state index contributed by atoms with van der Waals surface area (Å²) >= 11 is 0. The number of allylic oxidation sites excluding steroid dienone is 1. The Labute approximate surface area is 323 Å². The van der Waals surface area contributed by atoms with Crippen LogP contribution in [0.25, 0.3) is 11.1 Å². The molecule has 14 nitrogen and oxygen atoms in total. The summed E-state index contributed by atoms with van der Waals surface area (Å²) in [5, 5.41) is 12.6. The first-order valence-electron chi connectivity index (χ1n) is 19.2. The number of nitrogens with zero attached hydrogens (tertiary/aromatic N) is 6. The van der Waals surface area contributed by atoms with Crippen LogP contribution < -0.4 is 32.3 Å². The number of fused-ring (bicyclic) bond motifs is 3. The SMILES string of the molecule is [B]C([B])(c1cccc(C(=O)N(C)C2CC2)n1)N1CC(n2ncc3c2C(CC)N(C)c2c(NC(/C=C(\N)NC(=O)C4CC4)=C(/N)C(=O)NC4CC4)cccc2-3)C1. The molecule has 0 bridgehead atoms. The lowest BCUT2D eigenvalue weighted by atomic mass is 9.57. The third kappa shape index (κ3) is 7.07. The first kappa shape index (κ1) is 36.7. The van der Waals surface area contributed by atoms with E-state index in [4.69, 9.17) is 32.3 Å². The maximum atomic E-state index is 13.2. The lowest BCUT2D eigenvalue weighted by Crippen LogP contribution is -2.60. The molecular weight excluding hydrogens is 692 g/mol. The van der Waals surface area contributed by atoms with Crippen LogP contribution >= 0.6 is 0 Å². The molecule has 3 aliphatic carbocycles. The predicted octanol–water partition coefficient (Wildman–Crippen LogP) is 2.27. The van der Waals surface area contributed by atoms with Crippen LogP contribution in [0.2, 0.25) is 0 Å². The van der Waals surface area contributed by atoms with Crippen LogP contribution in [0.15, 0.2) is 65.9 Å². The van der Waals surface area contributed by atoms with E-state index >= 15 is 0 Å². The summed E-state index contributed by atoms with van der Waals surface area (Å²) in [5.74, 6) is -0.622. The van der Waals surface area contributed by atoms with Gasteiger partial charge in [0.05, 0.1) is 56.7 Å². The average molecular weight is 740 g/mol. The summed E-state index contributed by atoms with van der Waals surface area (Å²) in [6.07, 6.45) is 9.70. The molecule has 1 atom stereocenters. The van der Waals surface area contributed by atoms with E-state index in [1.165, 1.54) is 6.08 Å². The van der Waals surface area contributed by atoms with E-state index in [9.17, 15) is 14.4 Å². The number of anilines is 2. The van der Waals surface area contributed by atoms with Crippen LogP contribution in [0.4, 0.5) is 11.4 Å². The fourth-order valence-electron chi connectivity index (χ4n) is 7.63. The molecule has 282 valence electrons. The molecule has 7 N–H and O–H groups in total. The molecule has 0 spiro atoms. The predicted molar refractivity (Wildman–Crippen MR) is 211 cm³/mol. The summed E-state index contributed by atoms with van der Waals surface area (Å²) in [7, 11) is 17.3. The molecule has 8 rings (SSSR count). The molecule has 3 aromatic rings. The molecule has 2 aromatic heterocycles. The van der Waals surface area contributed by atoms with Crippen LogP contribution in [0.5, 0.6) is 0 Å². The van der Waals surface area contributed by atoms with E-state index in [-0.39, 0.29) is 59.1 Å². The average Bonchev–Trinajstić information content (AvgIpc) is 4.01. The molecule has 3 amide bonds. The van der Waals surface area contributed by atoms with Gasteiger partial charge in [-0.25, -0.2) is 4.98 Å². The monoisotopic (exact) mass is 739 g/mol. The molecule has 55 heavy (non-hydrogen) atoms. The van der Waals surface area contributed by atoms with E-state index in [1.807, 2.05) is 37.3 Å². The van der Waals surface area contributed by atoms with Gasteiger partial charge in [-0.1, -0.05) is 25.1 Å². The Morgan fingerprint density at radius 3 is 2.42 bits per heavy atom. The Balaban J connectivity index is 1.05. The number of pyridine rings is 1. The number of carbonyl (C=O) groups is 3. The number of carbonyl (C=O) groups excluding carboxylic acids is 3. The van der Waals surface area contributed by atoms with Crippen molar-refractivity contribution in [3.8, 4) is 11.1 Å². The zero-order valence-electron chi connectivity index (χ0n) is 31.6. The molecule has 4 fully saturated rings. The highest BCUT2D eigenvalue weighted by atomic mass is 16.2. The molecule has 5 aliphatic rings. The quantitative estimate of drug-likeness (QED) is 0.0993. The van der Waals surface area contributed by atoms with Gasteiger partial charge in [-0.15, -0.1) is 0 Å². The second-order valence-corrected chi connectivity index (χ2v) is 15.6. The first-order chi connectivity index (χ1) is 26.3. The molecule has 4 radical (unpaired) electrons. The minimum atomic E-state index is -1.38. The molecule has 1 saturated heterocycles. The van der Waals surface area contributed by atoms with Gasteiger partial charge in [0.25, 0.3) is 11.8 Å². The minimum Gasteiger partial charge on any atom is -0.393 e. The number of hydrogen-bond donors (Lipinski definition) is 5. The second-order valence-electron chi connectivity index (χ2n) is 15.6. The number of para-hydroxylation sites is 1. The van der Waals surface area contributed by atoms with Gasteiger partial charge in [0.2, 0.25) is 5.91 Å². The normalized spacial score (nSPS) is 20.5. The summed E-state index contributed by atoms with van der Waals surface area (Å²) in [5.41, 5.74) is 18.5. The Morgan fingerprint density at radius 1 is 1.02 bits per heavy atom. The highest BCUT2D eigenvalue weighted by molar-refractivity contribution is 6.39. The number of nitrogens with one attached hydrogen (secondary N) is 3. The van der Waals surface area contributed by atoms with Crippen LogP contribution in [0, 0.1) is 5.92 Å². The summed E-state index contributed by atoms with van der Waals surface area (Å²) in [4.78, 5) is 49.2. The van der Waals surface area contributed by atoms with E-state index in [0.29, 0.717) is 30.2 Å². The van der Waals surface area contributed by atoms with Crippen molar-refractivity contribution in [1.82, 2.24) is 35.2 Å². The number of hydrogen-bond acceptors (Lipinski definition) is 10. The molecule has 4 heterocycles. The van der Waals surface area contributed by atoms with Crippen molar-refractivity contribution in [2.75, 3.05) is 37.4 Å². The van der Waals surface area contributed by atoms with Crippen molar-refractivity contribution in [1.29, 1.82) is 0 Å². The summed E-state index contributed by atoms with van der Waals surface area (Å²) in [6, 6.07) is 11.5. The van der Waals surface area contributed by atoms with Gasteiger partial charge in [0.15, 0.2) is 0 Å². The van der Waals surface area contributed by atoms with Crippen molar-refractivity contribution < 1.29 is 14.4 Å². The van der Waals surface area contributed by atoms with Crippen molar-refractivity contribution in [3.63, 3.8) is 0 Å². The zero-order valence-corrected chi connectivity index (χ0v) is 31.6. The number of amides is 3. The fourth-order valence-corrected chi connectivity index (χ4v) is 7.63. The van der Waals surface area contributed by atoms with E-state index < -0.39 is 11.2 Å². The van der Waals surface area contributed by atoms with Crippen LogP contribution in [-0.4, -0.2) is 97.2 Å². The van der Waals surface area contributed by atoms with Crippen LogP contribution in [0.3, 0.4) is 0 Å². The second kappa shape index (κ2) is 14.1. The zero-order chi connectivity index (χ0) is 38.8.